The maximum atomic E-state index is 5.40. The van der Waals surface area contributed by atoms with Crippen LogP contribution >= 0.6 is 0 Å². The number of rotatable bonds is 7. The molecule has 0 spiro atoms. The van der Waals surface area contributed by atoms with Gasteiger partial charge in [-0.25, -0.2) is 4.98 Å². The second-order valence-electron chi connectivity index (χ2n) is 6.88. The predicted octanol–water partition coefficient (Wildman–Crippen LogP) is 2.40. The molecule has 24 heavy (non-hydrogen) atoms. The first-order valence-electron chi connectivity index (χ1n) is 9.01. The molecule has 3 heterocycles. The van der Waals surface area contributed by atoms with Gasteiger partial charge < -0.3 is 9.64 Å². The molecular weight excluding hydrogens is 302 g/mol. The van der Waals surface area contributed by atoms with E-state index in [4.69, 9.17) is 9.72 Å². The smallest absolute Gasteiger partial charge is 0.157 e. The van der Waals surface area contributed by atoms with Gasteiger partial charge in [0.05, 0.1) is 19.4 Å². The molecule has 1 fully saturated rings. The number of ether oxygens (including phenoxy) is 1. The zero-order valence-corrected chi connectivity index (χ0v) is 15.1. The highest BCUT2D eigenvalue weighted by Gasteiger charge is 2.13. The van der Waals surface area contributed by atoms with Crippen molar-refractivity contribution < 1.29 is 4.74 Å². The lowest BCUT2D eigenvalue weighted by atomic mass is 10.1. The van der Waals surface area contributed by atoms with Crippen LogP contribution in [0.5, 0.6) is 0 Å². The zero-order chi connectivity index (χ0) is 16.9. The van der Waals surface area contributed by atoms with E-state index < -0.39 is 0 Å². The molecule has 1 saturated heterocycles. The summed E-state index contributed by atoms with van der Waals surface area (Å²) in [6, 6.07) is 4.15. The van der Waals surface area contributed by atoms with Crippen molar-refractivity contribution in [2.45, 2.75) is 32.6 Å². The number of hydrogen-bond acceptors (Lipinski definition) is 5. The number of unbranched alkanes of at least 4 members (excludes halogenated alkanes) is 1. The van der Waals surface area contributed by atoms with Crippen LogP contribution in [-0.4, -0.2) is 65.9 Å². The topological polar surface area (TPSA) is 45.9 Å². The number of aromatic nitrogens is 3. The second-order valence-corrected chi connectivity index (χ2v) is 6.88. The number of morpholine rings is 1. The Hall–Kier alpha value is -1.66. The van der Waals surface area contributed by atoms with Crippen molar-refractivity contribution in [3.8, 4) is 0 Å². The summed E-state index contributed by atoms with van der Waals surface area (Å²) in [5, 5.41) is 4.43. The van der Waals surface area contributed by atoms with Crippen molar-refractivity contribution in [1.82, 2.24) is 19.5 Å². The molecule has 0 aromatic carbocycles. The molecule has 0 radical (unpaired) electrons. The van der Waals surface area contributed by atoms with Crippen molar-refractivity contribution in [3.63, 3.8) is 0 Å². The molecule has 1 aliphatic heterocycles. The van der Waals surface area contributed by atoms with Gasteiger partial charge in [0.2, 0.25) is 0 Å². The summed E-state index contributed by atoms with van der Waals surface area (Å²) in [7, 11) is 2.15. The van der Waals surface area contributed by atoms with Crippen molar-refractivity contribution in [2.24, 2.45) is 0 Å². The molecule has 0 aliphatic carbocycles. The van der Waals surface area contributed by atoms with E-state index in [0.717, 1.165) is 50.0 Å². The molecule has 2 aromatic rings. The maximum Gasteiger partial charge on any atom is 0.157 e. The SMILES string of the molecule is CC(C)c1cc(N(C)CCCCN2CCOCC2)n2nccc2n1. The van der Waals surface area contributed by atoms with Gasteiger partial charge in [0, 0.05) is 44.5 Å². The zero-order valence-electron chi connectivity index (χ0n) is 15.1. The molecule has 0 amide bonds. The van der Waals surface area contributed by atoms with E-state index in [1.165, 1.54) is 19.4 Å². The lowest BCUT2D eigenvalue weighted by molar-refractivity contribution is 0.0372. The monoisotopic (exact) mass is 331 g/mol. The maximum absolute atomic E-state index is 5.40. The van der Waals surface area contributed by atoms with Crippen molar-refractivity contribution >= 4 is 11.5 Å². The van der Waals surface area contributed by atoms with Crippen molar-refractivity contribution in [3.05, 3.63) is 24.0 Å². The van der Waals surface area contributed by atoms with Gasteiger partial charge >= 0.3 is 0 Å². The van der Waals surface area contributed by atoms with Gasteiger partial charge in [-0.05, 0) is 25.3 Å². The Balaban J connectivity index is 1.58. The molecule has 6 heteroatoms. The summed E-state index contributed by atoms with van der Waals surface area (Å²) >= 11 is 0. The Morgan fingerprint density at radius 3 is 2.79 bits per heavy atom. The number of nitrogens with zero attached hydrogens (tertiary/aromatic N) is 5. The Kier molecular flexibility index (Phi) is 5.68. The Labute approximate surface area is 144 Å². The molecule has 0 unspecified atom stereocenters. The average Bonchev–Trinajstić information content (AvgIpc) is 3.07. The van der Waals surface area contributed by atoms with Gasteiger partial charge in [0.25, 0.3) is 0 Å². The largest absolute Gasteiger partial charge is 0.379 e. The summed E-state index contributed by atoms with van der Waals surface area (Å²) in [4.78, 5) is 9.49. The van der Waals surface area contributed by atoms with Gasteiger partial charge in [0.1, 0.15) is 5.82 Å². The molecule has 3 rings (SSSR count). The fraction of sp³-hybridized carbons (Fsp3) is 0.667. The summed E-state index contributed by atoms with van der Waals surface area (Å²) in [6.07, 6.45) is 4.22. The molecule has 6 nitrogen and oxygen atoms in total. The Morgan fingerprint density at radius 1 is 1.25 bits per heavy atom. The van der Waals surface area contributed by atoms with Gasteiger partial charge in [-0.2, -0.15) is 9.61 Å². The minimum atomic E-state index is 0.415. The van der Waals surface area contributed by atoms with Crippen LogP contribution in [0.15, 0.2) is 18.3 Å². The van der Waals surface area contributed by atoms with Crippen LogP contribution < -0.4 is 4.90 Å². The fourth-order valence-corrected chi connectivity index (χ4v) is 3.11. The van der Waals surface area contributed by atoms with Crippen LogP contribution in [0, 0.1) is 0 Å². The van der Waals surface area contributed by atoms with Crippen LogP contribution in [-0.2, 0) is 4.74 Å². The quantitative estimate of drug-likeness (QED) is 0.729. The third-order valence-electron chi connectivity index (χ3n) is 4.66. The van der Waals surface area contributed by atoms with Crippen LogP contribution in [0.4, 0.5) is 5.82 Å². The first kappa shape index (κ1) is 17.2. The molecule has 0 bridgehead atoms. The summed E-state index contributed by atoms with van der Waals surface area (Å²) in [5.74, 6) is 1.54. The van der Waals surface area contributed by atoms with Gasteiger partial charge in [-0.3, -0.25) is 4.90 Å². The molecule has 2 aromatic heterocycles. The molecule has 0 atom stereocenters. The molecule has 132 valence electrons. The summed E-state index contributed by atoms with van der Waals surface area (Å²) < 4.78 is 7.34. The molecular formula is C18H29N5O. The third kappa shape index (κ3) is 4.05. The third-order valence-corrected chi connectivity index (χ3v) is 4.66. The van der Waals surface area contributed by atoms with Crippen molar-refractivity contribution in [1.29, 1.82) is 0 Å². The van der Waals surface area contributed by atoms with E-state index in [1.807, 2.05) is 16.8 Å². The minimum absolute atomic E-state index is 0.415. The normalized spacial score (nSPS) is 16.2. The highest BCUT2D eigenvalue weighted by molar-refractivity contribution is 5.50. The summed E-state index contributed by atoms with van der Waals surface area (Å²) in [5.41, 5.74) is 2.05. The van der Waals surface area contributed by atoms with Crippen LogP contribution in [0.1, 0.15) is 38.3 Å². The average molecular weight is 331 g/mol. The highest BCUT2D eigenvalue weighted by Crippen LogP contribution is 2.21. The van der Waals surface area contributed by atoms with Crippen LogP contribution in [0.25, 0.3) is 5.65 Å². The number of fused-ring (bicyclic) bond motifs is 1. The Morgan fingerprint density at radius 2 is 2.04 bits per heavy atom. The molecule has 0 N–H and O–H groups in total. The van der Waals surface area contributed by atoms with E-state index in [9.17, 15) is 0 Å². The Bertz CT molecular complexity index is 648. The van der Waals surface area contributed by atoms with E-state index >= 15 is 0 Å². The van der Waals surface area contributed by atoms with E-state index in [-0.39, 0.29) is 0 Å². The standard InChI is InChI=1S/C18H29N5O/c1-15(2)16-14-18(23-17(20-16)6-7-19-23)21(3)8-4-5-9-22-10-12-24-13-11-22/h6-7,14-15H,4-5,8-13H2,1-3H3. The number of anilines is 1. The fourth-order valence-electron chi connectivity index (χ4n) is 3.11. The first-order chi connectivity index (χ1) is 11.6. The lowest BCUT2D eigenvalue weighted by Gasteiger charge is -2.27. The van der Waals surface area contributed by atoms with Crippen LogP contribution in [0.3, 0.4) is 0 Å². The van der Waals surface area contributed by atoms with E-state index in [0.29, 0.717) is 5.92 Å². The van der Waals surface area contributed by atoms with Crippen LogP contribution in [0.2, 0.25) is 0 Å². The highest BCUT2D eigenvalue weighted by atomic mass is 16.5. The van der Waals surface area contributed by atoms with E-state index in [2.05, 4.69) is 41.9 Å². The van der Waals surface area contributed by atoms with Gasteiger partial charge in [-0.15, -0.1) is 0 Å². The predicted molar refractivity (Wildman–Crippen MR) is 96.8 cm³/mol. The molecule has 1 aliphatic rings. The molecule has 0 saturated carbocycles. The minimum Gasteiger partial charge on any atom is -0.379 e. The van der Waals surface area contributed by atoms with Crippen molar-refractivity contribution in [2.75, 3.05) is 51.3 Å². The van der Waals surface area contributed by atoms with Gasteiger partial charge in [0.15, 0.2) is 5.65 Å². The first-order valence-corrected chi connectivity index (χ1v) is 9.01. The van der Waals surface area contributed by atoms with Gasteiger partial charge in [-0.1, -0.05) is 13.8 Å². The second kappa shape index (κ2) is 7.94. The number of hydrogen-bond donors (Lipinski definition) is 0. The summed E-state index contributed by atoms with van der Waals surface area (Å²) in [6.45, 7) is 10.5. The lowest BCUT2D eigenvalue weighted by Crippen LogP contribution is -2.37. The van der Waals surface area contributed by atoms with E-state index in [1.54, 1.807) is 0 Å².